The van der Waals surface area contributed by atoms with Gasteiger partial charge in [-0.15, -0.1) is 11.3 Å². The molecule has 1 saturated heterocycles. The molecule has 29 heavy (non-hydrogen) atoms. The molecule has 156 valence electrons. The van der Waals surface area contributed by atoms with E-state index in [1.165, 1.54) is 0 Å². The molecule has 1 amide bonds. The fraction of sp³-hybridized carbons (Fsp3) is 0.526. The third-order valence-corrected chi connectivity index (χ3v) is 7.00. The van der Waals surface area contributed by atoms with Crippen molar-refractivity contribution >= 4 is 17.2 Å². The van der Waals surface area contributed by atoms with Gasteiger partial charge in [0.1, 0.15) is 5.60 Å². The van der Waals surface area contributed by atoms with E-state index >= 15 is 0 Å². The molecule has 0 radical (unpaired) electrons. The maximum Gasteiger partial charge on any atom is 0.426 e. The number of nitrogens with zero attached hydrogens (tertiary/aromatic N) is 3. The van der Waals surface area contributed by atoms with Gasteiger partial charge in [0.05, 0.1) is 23.4 Å². The molecule has 2 aromatic heterocycles. The Balaban J connectivity index is 1.56. The summed E-state index contributed by atoms with van der Waals surface area (Å²) in [4.78, 5) is 23.8. The molecule has 0 bridgehead atoms. The van der Waals surface area contributed by atoms with Gasteiger partial charge < -0.3 is 14.7 Å². The predicted molar refractivity (Wildman–Crippen MR) is 99.2 cm³/mol. The largest absolute Gasteiger partial charge is 0.426 e. The smallest absolute Gasteiger partial charge is 0.373 e. The lowest BCUT2D eigenvalue weighted by atomic mass is 9.84. The number of alkyl halides is 3. The summed E-state index contributed by atoms with van der Waals surface area (Å²) in [6.07, 6.45) is 1.39. The zero-order valence-corrected chi connectivity index (χ0v) is 16.5. The molecule has 2 aliphatic heterocycles. The molecule has 0 aliphatic carbocycles. The van der Waals surface area contributed by atoms with Gasteiger partial charge in [0.15, 0.2) is 0 Å². The van der Waals surface area contributed by atoms with E-state index in [0.717, 1.165) is 32.3 Å². The lowest BCUT2D eigenvalue weighted by molar-refractivity contribution is -0.251. The molecule has 1 unspecified atom stereocenters. The highest BCUT2D eigenvalue weighted by Gasteiger charge is 2.58. The summed E-state index contributed by atoms with van der Waals surface area (Å²) in [5.74, 6) is -1.32. The van der Waals surface area contributed by atoms with Crippen LogP contribution in [0.2, 0.25) is 0 Å². The molecule has 10 heteroatoms. The monoisotopic (exact) mass is 427 g/mol. The first-order chi connectivity index (χ1) is 13.6. The highest BCUT2D eigenvalue weighted by molar-refractivity contribution is 7.15. The molecule has 1 atom stereocenters. The van der Waals surface area contributed by atoms with Gasteiger partial charge >= 0.3 is 6.18 Å². The van der Waals surface area contributed by atoms with Crippen LogP contribution in [0.4, 0.5) is 13.2 Å². The summed E-state index contributed by atoms with van der Waals surface area (Å²) >= 11 is 1.55. The number of piperidine rings is 1. The van der Waals surface area contributed by atoms with Crippen molar-refractivity contribution in [2.24, 2.45) is 0 Å². The number of likely N-dealkylation sites (tertiary alicyclic amines) is 1. The van der Waals surface area contributed by atoms with E-state index in [2.05, 4.69) is 16.0 Å². The second kappa shape index (κ2) is 7.03. The Labute approximate surface area is 169 Å². The Morgan fingerprint density at radius 3 is 2.66 bits per heavy atom. The van der Waals surface area contributed by atoms with Crippen LogP contribution in [0.5, 0.6) is 0 Å². The Kier molecular flexibility index (Phi) is 4.91. The van der Waals surface area contributed by atoms with Crippen molar-refractivity contribution in [3.63, 3.8) is 0 Å². The Hall–Kier alpha value is -2.04. The molecule has 0 aromatic carbocycles. The number of aromatic nitrogens is 2. The third kappa shape index (κ3) is 3.43. The van der Waals surface area contributed by atoms with Crippen LogP contribution in [0.3, 0.4) is 0 Å². The van der Waals surface area contributed by atoms with Crippen LogP contribution in [0.15, 0.2) is 24.7 Å². The third-order valence-electron chi connectivity index (χ3n) is 5.61. The zero-order chi connectivity index (χ0) is 20.9. The van der Waals surface area contributed by atoms with Crippen molar-refractivity contribution in [2.75, 3.05) is 19.7 Å². The molecule has 2 aliphatic rings. The number of aliphatic hydroxyl groups is 1. The van der Waals surface area contributed by atoms with E-state index < -0.39 is 23.3 Å². The van der Waals surface area contributed by atoms with Gasteiger partial charge in [0.2, 0.25) is 5.60 Å². The van der Waals surface area contributed by atoms with Crippen molar-refractivity contribution in [3.8, 4) is 10.6 Å². The van der Waals surface area contributed by atoms with Crippen LogP contribution in [0.1, 0.15) is 30.2 Å². The fourth-order valence-electron chi connectivity index (χ4n) is 3.85. The first-order valence-electron chi connectivity index (χ1n) is 9.26. The minimum Gasteiger partial charge on any atom is -0.373 e. The van der Waals surface area contributed by atoms with Crippen LogP contribution < -0.4 is 0 Å². The highest BCUT2D eigenvalue weighted by Crippen LogP contribution is 2.47. The van der Waals surface area contributed by atoms with E-state index in [4.69, 9.17) is 4.74 Å². The molecule has 0 saturated carbocycles. The number of rotatable bonds is 2. The average Bonchev–Trinajstić information content (AvgIpc) is 3.14. The van der Waals surface area contributed by atoms with Crippen molar-refractivity contribution in [1.29, 1.82) is 0 Å². The van der Waals surface area contributed by atoms with Crippen LogP contribution in [0.25, 0.3) is 10.6 Å². The zero-order valence-electron chi connectivity index (χ0n) is 15.7. The Morgan fingerprint density at radius 2 is 2.03 bits per heavy atom. The minimum atomic E-state index is -5.02. The van der Waals surface area contributed by atoms with Gasteiger partial charge in [-0.2, -0.15) is 13.2 Å². The summed E-state index contributed by atoms with van der Waals surface area (Å²) in [7, 11) is 0. The number of hydrogen-bond donors (Lipinski definition) is 1. The summed E-state index contributed by atoms with van der Waals surface area (Å²) in [6, 6.07) is 2.07. The number of ether oxygens (including phenoxy) is 1. The van der Waals surface area contributed by atoms with Crippen molar-refractivity contribution in [1.82, 2.24) is 14.9 Å². The molecule has 1 fully saturated rings. The lowest BCUT2D eigenvalue weighted by Crippen LogP contribution is -2.59. The summed E-state index contributed by atoms with van der Waals surface area (Å²) < 4.78 is 45.2. The second-order valence-electron chi connectivity index (χ2n) is 7.51. The van der Waals surface area contributed by atoms with Crippen molar-refractivity contribution in [2.45, 2.75) is 43.6 Å². The summed E-state index contributed by atoms with van der Waals surface area (Å²) in [5.41, 5.74) is -2.11. The van der Waals surface area contributed by atoms with Crippen LogP contribution in [-0.2, 0) is 21.6 Å². The maximum absolute atomic E-state index is 13.0. The number of carbonyl (C=O) groups is 1. The standard InChI is InChI=1S/C19H20F3N3O3S/c1-17(27,19(20,21)22)16(26)25-7-3-18(4-8-25)15-12(2-9-28-18)10-14(29-15)13-11-23-5-6-24-13/h5-6,10-11,27H,2-4,7-9H2,1H3. The topological polar surface area (TPSA) is 75.5 Å². The average molecular weight is 427 g/mol. The molecule has 1 N–H and O–H groups in total. The van der Waals surface area contributed by atoms with Gasteiger partial charge in [-0.1, -0.05) is 0 Å². The molecule has 6 nitrogen and oxygen atoms in total. The quantitative estimate of drug-likeness (QED) is 0.798. The number of thiophene rings is 1. The summed E-state index contributed by atoms with van der Waals surface area (Å²) in [6.45, 7) is 1.19. The van der Waals surface area contributed by atoms with Gasteiger partial charge in [-0.05, 0) is 37.8 Å². The lowest BCUT2D eigenvalue weighted by Gasteiger charge is -2.45. The highest BCUT2D eigenvalue weighted by atomic mass is 32.1. The fourth-order valence-corrected chi connectivity index (χ4v) is 5.22. The molecule has 2 aromatic rings. The SMILES string of the molecule is CC(O)(C(=O)N1CCC2(CC1)OCCc1cc(-c3cnccn3)sc12)C(F)(F)F. The second-order valence-corrected chi connectivity index (χ2v) is 8.56. The number of amides is 1. The molecule has 4 heterocycles. The number of carbonyl (C=O) groups excluding carboxylic acids is 1. The van der Waals surface area contributed by atoms with Crippen LogP contribution >= 0.6 is 11.3 Å². The first-order valence-corrected chi connectivity index (χ1v) is 10.1. The van der Waals surface area contributed by atoms with Crippen molar-refractivity contribution in [3.05, 3.63) is 35.1 Å². The van der Waals surface area contributed by atoms with E-state index in [9.17, 15) is 23.1 Å². The minimum absolute atomic E-state index is 0.0862. The van der Waals surface area contributed by atoms with E-state index in [0.29, 0.717) is 26.4 Å². The normalized spacial score (nSPS) is 20.9. The van der Waals surface area contributed by atoms with Gasteiger partial charge in [-0.3, -0.25) is 14.8 Å². The molecular formula is C19H20F3N3O3S. The van der Waals surface area contributed by atoms with Gasteiger partial charge in [0.25, 0.3) is 5.91 Å². The Morgan fingerprint density at radius 1 is 1.31 bits per heavy atom. The van der Waals surface area contributed by atoms with E-state index in [-0.39, 0.29) is 13.1 Å². The number of halogens is 3. The number of hydrogen-bond acceptors (Lipinski definition) is 6. The predicted octanol–water partition coefficient (Wildman–Crippen LogP) is 2.91. The van der Waals surface area contributed by atoms with Gasteiger partial charge in [-0.25, -0.2) is 0 Å². The van der Waals surface area contributed by atoms with E-state index in [1.54, 1.807) is 29.9 Å². The molecule has 1 spiro atoms. The number of fused-ring (bicyclic) bond motifs is 2. The summed E-state index contributed by atoms with van der Waals surface area (Å²) in [5, 5.41) is 9.70. The van der Waals surface area contributed by atoms with E-state index in [1.807, 2.05) is 0 Å². The molecular weight excluding hydrogens is 407 g/mol. The molecule has 4 rings (SSSR count). The van der Waals surface area contributed by atoms with Gasteiger partial charge in [0, 0.05) is 30.4 Å². The van der Waals surface area contributed by atoms with Crippen LogP contribution in [0, 0.1) is 0 Å². The first kappa shape index (κ1) is 20.2. The Bertz CT molecular complexity index is 906. The maximum atomic E-state index is 13.0. The van der Waals surface area contributed by atoms with Crippen molar-refractivity contribution < 1.29 is 27.8 Å². The van der Waals surface area contributed by atoms with Crippen LogP contribution in [-0.4, -0.2) is 57.4 Å².